The van der Waals surface area contributed by atoms with E-state index in [9.17, 15) is 31.1 Å². The first-order valence-corrected chi connectivity index (χ1v) is 5.73. The Morgan fingerprint density at radius 1 is 1.05 bits per heavy atom. The number of hydrogen-bond acceptors (Lipinski definition) is 2. The van der Waals surface area contributed by atoms with Crippen LogP contribution in [-0.4, -0.2) is 18.1 Å². The van der Waals surface area contributed by atoms with Crippen molar-refractivity contribution in [1.29, 1.82) is 0 Å². The van der Waals surface area contributed by atoms with Crippen LogP contribution in [0.5, 0.6) is 0 Å². The maximum atomic E-state index is 12.7. The number of rotatable bonds is 4. The molecule has 1 rings (SSSR count). The zero-order valence-corrected chi connectivity index (χ0v) is 10.7. The van der Waals surface area contributed by atoms with Gasteiger partial charge in [-0.25, -0.2) is 0 Å². The summed E-state index contributed by atoms with van der Waals surface area (Å²) in [7, 11) is 0. The van der Waals surface area contributed by atoms with Gasteiger partial charge in [-0.15, -0.1) is 0 Å². The van der Waals surface area contributed by atoms with E-state index in [1.54, 1.807) is 18.2 Å². The molecule has 0 amide bonds. The summed E-state index contributed by atoms with van der Waals surface area (Å²) < 4.78 is 74.3. The molecule has 1 aromatic carbocycles. The lowest BCUT2D eigenvalue weighted by Crippen LogP contribution is -2.31. The molecule has 0 heterocycles. The van der Waals surface area contributed by atoms with Gasteiger partial charge in [0.1, 0.15) is 5.70 Å². The van der Waals surface area contributed by atoms with Crippen molar-refractivity contribution in [1.82, 2.24) is 5.32 Å². The predicted molar refractivity (Wildman–Crippen MR) is 63.2 cm³/mol. The van der Waals surface area contributed by atoms with Gasteiger partial charge in [-0.05, 0) is 12.5 Å². The van der Waals surface area contributed by atoms with Gasteiger partial charge in [0.2, 0.25) is 0 Å². The van der Waals surface area contributed by atoms with E-state index in [4.69, 9.17) is 0 Å². The van der Waals surface area contributed by atoms with E-state index in [1.165, 1.54) is 19.1 Å². The molecule has 1 aromatic rings. The molecule has 0 fully saturated rings. The third kappa shape index (κ3) is 5.13. The molecule has 116 valence electrons. The van der Waals surface area contributed by atoms with E-state index >= 15 is 0 Å². The normalized spacial score (nSPS) is 14.7. The van der Waals surface area contributed by atoms with Gasteiger partial charge in [0.15, 0.2) is 0 Å². The van der Waals surface area contributed by atoms with Crippen LogP contribution < -0.4 is 5.32 Å². The molecule has 0 aliphatic heterocycles. The van der Waals surface area contributed by atoms with E-state index in [-0.39, 0.29) is 0 Å². The average molecular weight is 311 g/mol. The summed E-state index contributed by atoms with van der Waals surface area (Å²) in [6, 6.07) is 6.90. The highest BCUT2D eigenvalue weighted by molar-refractivity contribution is 5.95. The summed E-state index contributed by atoms with van der Waals surface area (Å²) in [6.07, 6.45) is -10.9. The predicted octanol–water partition coefficient (Wildman–Crippen LogP) is 3.91. The average Bonchev–Trinajstić information content (AvgIpc) is 2.36. The third-order valence-electron chi connectivity index (χ3n) is 2.53. The van der Waals surface area contributed by atoms with Crippen molar-refractivity contribution in [3.63, 3.8) is 0 Å². The van der Waals surface area contributed by atoms with Crippen LogP contribution in [0.1, 0.15) is 18.5 Å². The van der Waals surface area contributed by atoms with Crippen LogP contribution >= 0.6 is 0 Å². The lowest BCUT2D eigenvalue weighted by atomic mass is 10.1. The molecule has 0 saturated carbocycles. The molecule has 0 radical (unpaired) electrons. The van der Waals surface area contributed by atoms with Crippen molar-refractivity contribution in [2.75, 3.05) is 0 Å². The summed E-state index contributed by atoms with van der Waals surface area (Å²) in [5, 5.41) is 1.89. The summed E-state index contributed by atoms with van der Waals surface area (Å²) >= 11 is 0. The van der Waals surface area contributed by atoms with Crippen molar-refractivity contribution in [2.24, 2.45) is 0 Å². The minimum atomic E-state index is -5.35. The largest absolute Gasteiger partial charge is 0.454 e. The molecule has 2 nitrogen and oxygen atoms in total. The van der Waals surface area contributed by atoms with Crippen molar-refractivity contribution in [2.45, 2.75) is 25.3 Å². The van der Waals surface area contributed by atoms with Gasteiger partial charge < -0.3 is 5.32 Å². The number of ketones is 1. The number of carbonyl (C=O) groups excluding carboxylic acids is 1. The van der Waals surface area contributed by atoms with E-state index in [0.29, 0.717) is 5.56 Å². The molecule has 0 aliphatic rings. The lowest BCUT2D eigenvalue weighted by molar-refractivity contribution is -0.166. The Balaban J connectivity index is 3.01. The number of halogens is 6. The molecule has 21 heavy (non-hydrogen) atoms. The first-order valence-electron chi connectivity index (χ1n) is 5.73. The first-order chi connectivity index (χ1) is 9.51. The van der Waals surface area contributed by atoms with Crippen LogP contribution in [0.15, 0.2) is 42.1 Å². The van der Waals surface area contributed by atoms with Gasteiger partial charge in [0.25, 0.3) is 5.78 Å². The van der Waals surface area contributed by atoms with Gasteiger partial charge in [-0.2, -0.15) is 26.3 Å². The fraction of sp³-hybridized carbons (Fsp3) is 0.308. The van der Waals surface area contributed by atoms with Crippen LogP contribution in [0.3, 0.4) is 0 Å². The van der Waals surface area contributed by atoms with Gasteiger partial charge in [0.05, 0.1) is 0 Å². The number of allylic oxidation sites excluding steroid dienone is 2. The molecule has 0 bridgehead atoms. The Morgan fingerprint density at radius 2 is 1.57 bits per heavy atom. The molecule has 8 heteroatoms. The van der Waals surface area contributed by atoms with Gasteiger partial charge in [-0.1, -0.05) is 30.3 Å². The van der Waals surface area contributed by atoms with Crippen LogP contribution in [-0.2, 0) is 4.79 Å². The second-order valence-electron chi connectivity index (χ2n) is 4.19. The van der Waals surface area contributed by atoms with Crippen LogP contribution in [0.2, 0.25) is 0 Å². The smallest absolute Gasteiger partial charge is 0.374 e. The zero-order chi connectivity index (χ0) is 16.3. The topological polar surface area (TPSA) is 29.1 Å². The Hall–Kier alpha value is -1.99. The Kier molecular flexibility index (Phi) is 5.03. The fourth-order valence-corrected chi connectivity index (χ4v) is 1.48. The highest BCUT2D eigenvalue weighted by atomic mass is 19.4. The third-order valence-corrected chi connectivity index (χ3v) is 2.53. The Bertz CT molecular complexity index is 518. The molecule has 0 saturated heterocycles. The number of carbonyl (C=O) groups is 1. The van der Waals surface area contributed by atoms with Crippen LogP contribution in [0.4, 0.5) is 26.3 Å². The molecule has 1 N–H and O–H groups in total. The zero-order valence-electron chi connectivity index (χ0n) is 10.7. The second-order valence-corrected chi connectivity index (χ2v) is 4.19. The molecular formula is C13H11F6NO. The number of nitrogens with one attached hydrogen (secondary N) is 1. The molecule has 0 aliphatic carbocycles. The van der Waals surface area contributed by atoms with Gasteiger partial charge in [0, 0.05) is 12.1 Å². The maximum Gasteiger partial charge on any atom is 0.454 e. The fourth-order valence-electron chi connectivity index (χ4n) is 1.48. The monoisotopic (exact) mass is 311 g/mol. The number of hydrogen-bond donors (Lipinski definition) is 1. The molecule has 0 aromatic heterocycles. The Morgan fingerprint density at radius 3 is 2.00 bits per heavy atom. The minimum Gasteiger partial charge on any atom is -0.374 e. The van der Waals surface area contributed by atoms with Crippen LogP contribution in [0.25, 0.3) is 0 Å². The van der Waals surface area contributed by atoms with E-state index in [0.717, 1.165) is 0 Å². The summed E-state index contributed by atoms with van der Waals surface area (Å²) in [4.78, 5) is 10.7. The van der Waals surface area contributed by atoms with Crippen molar-refractivity contribution < 1.29 is 31.1 Å². The molecular weight excluding hydrogens is 300 g/mol. The quantitative estimate of drug-likeness (QED) is 0.674. The first kappa shape index (κ1) is 17.1. The van der Waals surface area contributed by atoms with Gasteiger partial charge >= 0.3 is 12.4 Å². The van der Waals surface area contributed by atoms with E-state index in [1.807, 2.05) is 5.32 Å². The minimum absolute atomic E-state index is 0.437. The van der Waals surface area contributed by atoms with Crippen molar-refractivity contribution >= 4 is 5.78 Å². The summed E-state index contributed by atoms with van der Waals surface area (Å²) in [5.74, 6) is -2.57. The summed E-state index contributed by atoms with van der Waals surface area (Å²) in [5.41, 5.74) is -1.30. The highest BCUT2D eigenvalue weighted by Gasteiger charge is 2.41. The Labute approximate surface area is 116 Å². The second kappa shape index (κ2) is 6.19. The SMILES string of the molecule is CC(N/C(=C/C(=O)C(F)(F)F)C(F)(F)F)c1ccccc1. The molecule has 1 atom stereocenters. The van der Waals surface area contributed by atoms with E-state index in [2.05, 4.69) is 0 Å². The van der Waals surface area contributed by atoms with Crippen molar-refractivity contribution in [3.05, 3.63) is 47.7 Å². The highest BCUT2D eigenvalue weighted by Crippen LogP contribution is 2.28. The number of benzene rings is 1. The standard InChI is InChI=1S/C13H11F6NO/c1-8(9-5-3-2-4-6-9)20-10(12(14,15)16)7-11(21)13(17,18)19/h2-8,20H,1H3/b10-7+. The lowest BCUT2D eigenvalue weighted by Gasteiger charge is -2.20. The molecule has 1 unspecified atom stereocenters. The summed E-state index contributed by atoms with van der Waals surface area (Å²) in [6.45, 7) is 1.34. The van der Waals surface area contributed by atoms with Crippen molar-refractivity contribution in [3.8, 4) is 0 Å². The molecule has 0 spiro atoms. The van der Waals surface area contributed by atoms with E-state index < -0.39 is 36.0 Å². The van der Waals surface area contributed by atoms with Gasteiger partial charge in [-0.3, -0.25) is 4.79 Å². The number of alkyl halides is 6. The maximum absolute atomic E-state index is 12.7. The van der Waals surface area contributed by atoms with Crippen LogP contribution in [0, 0.1) is 0 Å².